The number of aliphatic hydroxyl groups excluding tert-OH is 1. The van der Waals surface area contributed by atoms with Gasteiger partial charge in [-0.05, 0) is 41.0 Å². The fraction of sp³-hybridized carbons (Fsp3) is 0.444. The summed E-state index contributed by atoms with van der Waals surface area (Å²) in [5.74, 6) is -1.73. The van der Waals surface area contributed by atoms with E-state index < -0.39 is 30.1 Å². The number of hydrogen-bond donors (Lipinski definition) is 4. The molecule has 2 aromatic rings. The molecule has 1 fully saturated rings. The number of alkyl carbamates (subject to hydrolysis) is 1. The van der Waals surface area contributed by atoms with E-state index >= 15 is 0 Å². The van der Waals surface area contributed by atoms with Crippen LogP contribution in [0.2, 0.25) is 0 Å². The normalized spacial score (nSPS) is 17.1. The van der Waals surface area contributed by atoms with E-state index in [9.17, 15) is 19.5 Å². The molecule has 1 unspecified atom stereocenters. The number of rotatable bonds is 9. The van der Waals surface area contributed by atoms with Crippen LogP contribution in [-0.4, -0.2) is 53.5 Å². The number of carboxylic acid groups (broad SMARTS) is 1. The Labute approximate surface area is 204 Å². The number of amides is 2. The van der Waals surface area contributed by atoms with E-state index in [4.69, 9.17) is 9.84 Å². The maximum atomic E-state index is 12.8. The van der Waals surface area contributed by atoms with E-state index in [1.54, 1.807) is 0 Å². The molecule has 4 rings (SSSR count). The van der Waals surface area contributed by atoms with Crippen molar-refractivity contribution in [2.45, 2.75) is 56.6 Å². The van der Waals surface area contributed by atoms with E-state index in [0.29, 0.717) is 0 Å². The topological polar surface area (TPSA) is 125 Å². The summed E-state index contributed by atoms with van der Waals surface area (Å²) in [4.78, 5) is 36.1. The van der Waals surface area contributed by atoms with Crippen molar-refractivity contribution in [3.8, 4) is 11.1 Å². The van der Waals surface area contributed by atoms with Gasteiger partial charge in [-0.1, -0.05) is 67.8 Å². The summed E-state index contributed by atoms with van der Waals surface area (Å²) in [6.07, 6.45) is 2.77. The lowest BCUT2D eigenvalue weighted by atomic mass is 9.82. The van der Waals surface area contributed by atoms with Crippen molar-refractivity contribution in [2.24, 2.45) is 5.92 Å². The van der Waals surface area contributed by atoms with E-state index in [2.05, 4.69) is 34.9 Å². The summed E-state index contributed by atoms with van der Waals surface area (Å²) in [6.45, 7) is -0.190. The monoisotopic (exact) mass is 480 g/mol. The number of aliphatic carboxylic acids is 1. The molecule has 2 atom stereocenters. The minimum Gasteiger partial charge on any atom is -0.479 e. The van der Waals surface area contributed by atoms with E-state index in [-0.39, 0.29) is 31.4 Å². The Bertz CT molecular complexity index is 1020. The average molecular weight is 481 g/mol. The van der Waals surface area contributed by atoms with Gasteiger partial charge in [0.25, 0.3) is 0 Å². The number of aliphatic hydroxyl groups is 1. The van der Waals surface area contributed by atoms with E-state index in [1.807, 2.05) is 24.3 Å². The van der Waals surface area contributed by atoms with E-state index in [1.165, 1.54) is 0 Å². The first kappa shape index (κ1) is 24.7. The molecule has 2 aliphatic carbocycles. The molecule has 0 saturated heterocycles. The summed E-state index contributed by atoms with van der Waals surface area (Å²) >= 11 is 0. The quantitative estimate of drug-likeness (QED) is 0.436. The van der Waals surface area contributed by atoms with Crippen molar-refractivity contribution >= 4 is 18.0 Å². The Morgan fingerprint density at radius 2 is 1.54 bits per heavy atom. The summed E-state index contributed by atoms with van der Waals surface area (Å²) in [7, 11) is 0. The van der Waals surface area contributed by atoms with Crippen LogP contribution in [0.4, 0.5) is 4.79 Å². The van der Waals surface area contributed by atoms with Crippen molar-refractivity contribution in [1.82, 2.24) is 10.6 Å². The predicted octanol–water partition coefficient (Wildman–Crippen LogP) is 3.43. The van der Waals surface area contributed by atoms with Gasteiger partial charge < -0.3 is 25.6 Å². The summed E-state index contributed by atoms with van der Waals surface area (Å²) < 4.78 is 5.67. The standard InChI is InChI=1S/C27H32N2O6/c30-24(26(32)33)15-28-25(31)14-23(17-8-2-1-3-9-17)29-27(34)35-16-22-20-12-6-4-10-18(20)19-11-5-7-13-21(19)22/h4-7,10-13,17,22-24,30H,1-3,8-9,14-16H2,(H,28,31)(H,29,34)(H,32,33)/t23?,24-/m0/s1. The van der Waals surface area contributed by atoms with Crippen molar-refractivity contribution in [2.75, 3.05) is 13.2 Å². The Balaban J connectivity index is 1.38. The third kappa shape index (κ3) is 6.00. The maximum Gasteiger partial charge on any atom is 0.407 e. The van der Waals surface area contributed by atoms with Crippen molar-refractivity contribution in [3.05, 3.63) is 59.7 Å². The molecule has 0 aliphatic heterocycles. The number of hydrogen-bond acceptors (Lipinski definition) is 5. The number of carboxylic acids is 1. The number of carbonyl (C=O) groups is 3. The number of ether oxygens (including phenoxy) is 1. The van der Waals surface area contributed by atoms with Crippen LogP contribution in [0.3, 0.4) is 0 Å². The van der Waals surface area contributed by atoms with Crippen LogP contribution in [0.15, 0.2) is 48.5 Å². The maximum absolute atomic E-state index is 12.8. The fourth-order valence-corrected chi connectivity index (χ4v) is 5.23. The van der Waals surface area contributed by atoms with Crippen LogP contribution < -0.4 is 10.6 Å². The molecule has 0 heterocycles. The van der Waals surface area contributed by atoms with E-state index in [0.717, 1.165) is 54.4 Å². The van der Waals surface area contributed by atoms with Gasteiger partial charge in [0.2, 0.25) is 5.91 Å². The van der Waals surface area contributed by atoms with Crippen molar-refractivity contribution in [1.29, 1.82) is 0 Å². The van der Waals surface area contributed by atoms with Gasteiger partial charge in [-0.15, -0.1) is 0 Å². The first-order chi connectivity index (χ1) is 16.9. The van der Waals surface area contributed by atoms with Gasteiger partial charge in [-0.3, -0.25) is 4.79 Å². The Kier molecular flexibility index (Phi) is 8.02. The van der Waals surface area contributed by atoms with Crippen molar-refractivity contribution in [3.63, 3.8) is 0 Å². The average Bonchev–Trinajstić information content (AvgIpc) is 3.19. The van der Waals surface area contributed by atoms with Gasteiger partial charge in [-0.25, -0.2) is 9.59 Å². The molecule has 2 aliphatic rings. The highest BCUT2D eigenvalue weighted by Crippen LogP contribution is 2.44. The zero-order valence-electron chi connectivity index (χ0n) is 19.6. The highest BCUT2D eigenvalue weighted by Gasteiger charge is 2.31. The lowest BCUT2D eigenvalue weighted by Gasteiger charge is -2.30. The second-order valence-corrected chi connectivity index (χ2v) is 9.34. The molecule has 186 valence electrons. The summed E-state index contributed by atoms with van der Waals surface area (Å²) in [5, 5.41) is 23.6. The minimum absolute atomic E-state index is 0.00119. The number of nitrogens with one attached hydrogen (secondary N) is 2. The van der Waals surface area contributed by atoms with Crippen LogP contribution >= 0.6 is 0 Å². The molecule has 2 amide bonds. The third-order valence-corrected chi connectivity index (χ3v) is 7.05. The molecular formula is C27H32N2O6. The lowest BCUT2D eigenvalue weighted by Crippen LogP contribution is -2.46. The molecule has 0 bridgehead atoms. The Morgan fingerprint density at radius 1 is 0.943 bits per heavy atom. The van der Waals surface area contributed by atoms with Crippen LogP contribution in [0, 0.1) is 5.92 Å². The minimum atomic E-state index is -1.66. The zero-order valence-corrected chi connectivity index (χ0v) is 19.6. The molecule has 8 heteroatoms. The van der Waals surface area contributed by atoms with Crippen LogP contribution in [0.25, 0.3) is 11.1 Å². The number of carbonyl (C=O) groups excluding carboxylic acids is 2. The molecule has 0 radical (unpaired) electrons. The van der Waals surface area contributed by atoms with Gasteiger partial charge in [0.15, 0.2) is 6.10 Å². The molecular weight excluding hydrogens is 448 g/mol. The van der Waals surface area contributed by atoms with Crippen molar-refractivity contribution < 1.29 is 29.3 Å². The first-order valence-corrected chi connectivity index (χ1v) is 12.2. The smallest absolute Gasteiger partial charge is 0.407 e. The Hall–Kier alpha value is -3.39. The second-order valence-electron chi connectivity index (χ2n) is 9.34. The van der Waals surface area contributed by atoms with Gasteiger partial charge in [-0.2, -0.15) is 0 Å². The second kappa shape index (κ2) is 11.4. The highest BCUT2D eigenvalue weighted by molar-refractivity contribution is 5.80. The summed E-state index contributed by atoms with van der Waals surface area (Å²) in [6, 6.07) is 15.8. The Morgan fingerprint density at radius 3 is 2.14 bits per heavy atom. The fourth-order valence-electron chi connectivity index (χ4n) is 5.23. The van der Waals surface area contributed by atoms with Gasteiger partial charge in [0.05, 0.1) is 6.54 Å². The first-order valence-electron chi connectivity index (χ1n) is 12.2. The third-order valence-electron chi connectivity index (χ3n) is 7.05. The molecule has 0 aromatic heterocycles. The molecule has 1 saturated carbocycles. The molecule has 4 N–H and O–H groups in total. The lowest BCUT2D eigenvalue weighted by molar-refractivity contribution is -0.146. The van der Waals surface area contributed by atoms with Gasteiger partial charge in [0.1, 0.15) is 6.61 Å². The van der Waals surface area contributed by atoms with Crippen LogP contribution in [-0.2, 0) is 14.3 Å². The molecule has 2 aromatic carbocycles. The van der Waals surface area contributed by atoms with Gasteiger partial charge in [0, 0.05) is 18.4 Å². The number of benzene rings is 2. The van der Waals surface area contributed by atoms with Gasteiger partial charge >= 0.3 is 12.1 Å². The summed E-state index contributed by atoms with van der Waals surface area (Å²) in [5.41, 5.74) is 4.55. The van der Waals surface area contributed by atoms with Crippen LogP contribution in [0.1, 0.15) is 55.6 Å². The predicted molar refractivity (Wildman–Crippen MR) is 130 cm³/mol. The van der Waals surface area contributed by atoms with Crippen LogP contribution in [0.5, 0.6) is 0 Å². The molecule has 35 heavy (non-hydrogen) atoms. The number of fused-ring (bicyclic) bond motifs is 3. The molecule has 0 spiro atoms. The molecule has 8 nitrogen and oxygen atoms in total. The largest absolute Gasteiger partial charge is 0.479 e. The SMILES string of the molecule is O=C(CC(NC(=O)OCC1c2ccccc2-c2ccccc21)C1CCCCC1)NC[C@H](O)C(=O)O. The highest BCUT2D eigenvalue weighted by atomic mass is 16.5. The zero-order chi connectivity index (χ0) is 24.8.